The zero-order valence-corrected chi connectivity index (χ0v) is 35.7. The molecule has 0 unspecified atom stereocenters. The number of amides is 1. The number of carbonyl (C=O) groups is 6. The second-order valence-electron chi connectivity index (χ2n) is 15.1. The van der Waals surface area contributed by atoms with Gasteiger partial charge in [-0.25, -0.2) is 0 Å². The monoisotopic (exact) mass is 830 g/mol. The van der Waals surface area contributed by atoms with Crippen LogP contribution in [0.5, 0.6) is 0 Å². The third-order valence-corrected chi connectivity index (χ3v) is 10.00. The second kappa shape index (κ2) is 28.2. The molecule has 0 aromatic heterocycles. The number of esters is 5. The molecule has 2 heterocycles. The third-order valence-electron chi connectivity index (χ3n) is 10.00. The minimum absolute atomic E-state index is 0.0663. The van der Waals surface area contributed by atoms with Gasteiger partial charge in [0, 0.05) is 48.1 Å². The molecule has 0 aromatic carbocycles. The highest BCUT2D eigenvalue weighted by Crippen LogP contribution is 2.33. The normalized spacial score (nSPS) is 26.9. The van der Waals surface area contributed by atoms with Crippen LogP contribution in [0.1, 0.15) is 144 Å². The molecule has 1 amide bonds. The Morgan fingerprint density at radius 2 is 1.00 bits per heavy atom. The highest BCUT2D eigenvalue weighted by atomic mass is 16.8. The molecule has 17 heteroatoms. The van der Waals surface area contributed by atoms with Crippen LogP contribution in [0.2, 0.25) is 0 Å². The zero-order valence-electron chi connectivity index (χ0n) is 35.7. The van der Waals surface area contributed by atoms with Gasteiger partial charge in [-0.15, -0.1) is 0 Å². The van der Waals surface area contributed by atoms with E-state index in [-0.39, 0.29) is 6.42 Å². The van der Waals surface area contributed by atoms with Gasteiger partial charge in [0.1, 0.15) is 37.6 Å². The number of hydrogen-bond donors (Lipinski definition) is 2. The summed E-state index contributed by atoms with van der Waals surface area (Å²) >= 11 is 0. The van der Waals surface area contributed by atoms with Gasteiger partial charge >= 0.3 is 29.8 Å². The predicted octanol–water partition coefficient (Wildman–Crippen LogP) is 4.46. The molecule has 0 radical (unpaired) electrons. The Kier molecular flexibility index (Phi) is 24.6. The molecule has 0 spiro atoms. The SMILES string of the molecule is CCCCCCCCCCCCCCCCCC(=O)O[C@@H]1[C@H](NC(C)=O)[C@@H](OC)O[C@H](COC(C)=O)[C@H]1O[C@@H]1O[C@H](COC(C)=O)[C@H](OC(C)=O)[C@@H](N)[C@H]1OC(C)=O. The van der Waals surface area contributed by atoms with E-state index in [1.165, 1.54) is 92.1 Å². The maximum Gasteiger partial charge on any atom is 0.306 e. The van der Waals surface area contributed by atoms with Crippen LogP contribution in [0, 0.1) is 0 Å². The molecule has 2 aliphatic rings. The predicted molar refractivity (Wildman–Crippen MR) is 209 cm³/mol. The van der Waals surface area contributed by atoms with Gasteiger partial charge < -0.3 is 53.7 Å². The number of nitrogens with one attached hydrogen (secondary N) is 1. The summed E-state index contributed by atoms with van der Waals surface area (Å²) in [5, 5.41) is 2.72. The first-order valence-corrected chi connectivity index (χ1v) is 21.0. The third kappa shape index (κ3) is 19.1. The van der Waals surface area contributed by atoms with E-state index < -0.39 is 110 Å². The fourth-order valence-corrected chi connectivity index (χ4v) is 7.20. The summed E-state index contributed by atoms with van der Waals surface area (Å²) < 4.78 is 51.7. The highest BCUT2D eigenvalue weighted by molar-refractivity contribution is 5.74. The zero-order chi connectivity index (χ0) is 43.0. The fourth-order valence-electron chi connectivity index (χ4n) is 7.20. The Morgan fingerprint density at radius 3 is 1.45 bits per heavy atom. The Labute approximate surface area is 343 Å². The highest BCUT2D eigenvalue weighted by Gasteiger charge is 2.55. The molecule has 2 rings (SSSR count). The van der Waals surface area contributed by atoms with Crippen molar-refractivity contribution in [2.45, 2.75) is 206 Å². The van der Waals surface area contributed by atoms with Crippen LogP contribution in [0.25, 0.3) is 0 Å². The smallest absolute Gasteiger partial charge is 0.306 e. The number of hydrogen-bond acceptors (Lipinski definition) is 16. The first-order valence-electron chi connectivity index (χ1n) is 21.0. The van der Waals surface area contributed by atoms with Gasteiger partial charge in [-0.2, -0.15) is 0 Å². The van der Waals surface area contributed by atoms with Gasteiger partial charge in [-0.05, 0) is 6.42 Å². The van der Waals surface area contributed by atoms with Gasteiger partial charge in [0.15, 0.2) is 30.9 Å². The Hall–Kier alpha value is -3.38. The molecule has 58 heavy (non-hydrogen) atoms. The van der Waals surface area contributed by atoms with Gasteiger partial charge in [-0.1, -0.05) is 96.8 Å². The number of ether oxygens (including phenoxy) is 9. The van der Waals surface area contributed by atoms with Crippen molar-refractivity contribution in [1.29, 1.82) is 0 Å². The summed E-state index contributed by atoms with van der Waals surface area (Å²) in [5.41, 5.74) is 6.53. The van der Waals surface area contributed by atoms with E-state index in [0.29, 0.717) is 6.42 Å². The van der Waals surface area contributed by atoms with Crippen molar-refractivity contribution in [2.75, 3.05) is 20.3 Å². The molecule has 0 aliphatic carbocycles. The van der Waals surface area contributed by atoms with Crippen LogP contribution in [0.4, 0.5) is 0 Å². The van der Waals surface area contributed by atoms with E-state index in [0.717, 1.165) is 39.5 Å². The van der Waals surface area contributed by atoms with E-state index in [2.05, 4.69) is 12.2 Å². The maximum absolute atomic E-state index is 13.5. The summed E-state index contributed by atoms with van der Waals surface area (Å²) in [7, 11) is 1.33. The van der Waals surface area contributed by atoms with Crippen LogP contribution >= 0.6 is 0 Å². The lowest BCUT2D eigenvalue weighted by Gasteiger charge is -2.49. The van der Waals surface area contributed by atoms with E-state index in [4.69, 9.17) is 48.4 Å². The largest absolute Gasteiger partial charge is 0.463 e. The van der Waals surface area contributed by atoms with Crippen molar-refractivity contribution in [3.05, 3.63) is 0 Å². The minimum atomic E-state index is -1.58. The molecular formula is C41H70N2O15. The van der Waals surface area contributed by atoms with E-state index >= 15 is 0 Å². The molecule has 10 atom stereocenters. The first kappa shape index (κ1) is 50.8. The van der Waals surface area contributed by atoms with Gasteiger partial charge in [0.05, 0.1) is 6.04 Å². The van der Waals surface area contributed by atoms with Crippen molar-refractivity contribution in [2.24, 2.45) is 5.73 Å². The van der Waals surface area contributed by atoms with E-state index in [1.54, 1.807) is 0 Å². The molecule has 2 saturated heterocycles. The number of rotatable bonds is 27. The molecule has 334 valence electrons. The standard InChI is InChI=1S/C41H70N2O15/c1-8-9-10-11-12-13-14-15-16-17-18-19-20-21-22-23-33(49)57-39-35(43-26(2)44)40(50-7)55-32(25-52-28(4)46)37(39)58-41-38(54-30(6)48)34(42)36(53-29(5)47)31(56-41)24-51-27(3)45/h31-32,34-41H,8-25,42H2,1-7H3,(H,43,44)/t31-,32-,34-,35+,36+,37-,38-,39-,40+,41+/m1/s1. The Balaban J connectivity index is 2.22. The van der Waals surface area contributed by atoms with Crippen LogP contribution < -0.4 is 11.1 Å². The molecule has 0 saturated carbocycles. The van der Waals surface area contributed by atoms with Crippen LogP contribution in [0.15, 0.2) is 0 Å². The molecule has 3 N–H and O–H groups in total. The summed E-state index contributed by atoms with van der Waals surface area (Å²) in [6.07, 6.45) is 7.02. The Bertz CT molecular complexity index is 1270. The Morgan fingerprint density at radius 1 is 0.552 bits per heavy atom. The first-order chi connectivity index (χ1) is 27.7. The summed E-state index contributed by atoms with van der Waals surface area (Å²) in [6.45, 7) is 7.29. The molecule has 17 nitrogen and oxygen atoms in total. The second-order valence-corrected chi connectivity index (χ2v) is 15.1. The lowest BCUT2D eigenvalue weighted by molar-refractivity contribution is -0.337. The lowest BCUT2D eigenvalue weighted by Crippen LogP contribution is -2.69. The van der Waals surface area contributed by atoms with Crippen molar-refractivity contribution >= 4 is 35.8 Å². The van der Waals surface area contributed by atoms with E-state index in [1.807, 2.05) is 0 Å². The van der Waals surface area contributed by atoms with Crippen molar-refractivity contribution in [3.63, 3.8) is 0 Å². The van der Waals surface area contributed by atoms with Crippen LogP contribution in [-0.2, 0) is 71.4 Å². The minimum Gasteiger partial charge on any atom is -0.463 e. The number of methoxy groups -OCH3 is 1. The van der Waals surface area contributed by atoms with Gasteiger partial charge in [-0.3, -0.25) is 28.8 Å². The fraction of sp³-hybridized carbons (Fsp3) is 0.854. The topological polar surface area (TPSA) is 224 Å². The molecule has 2 aliphatic heterocycles. The van der Waals surface area contributed by atoms with Crippen molar-refractivity contribution in [1.82, 2.24) is 5.32 Å². The number of unbranched alkanes of at least 4 members (excludes halogenated alkanes) is 14. The van der Waals surface area contributed by atoms with Crippen LogP contribution in [0.3, 0.4) is 0 Å². The van der Waals surface area contributed by atoms with Crippen molar-refractivity contribution in [3.8, 4) is 0 Å². The lowest BCUT2D eigenvalue weighted by atomic mass is 9.94. The summed E-state index contributed by atoms with van der Waals surface area (Å²) in [6, 6.07) is -2.41. The molecule has 0 bridgehead atoms. The van der Waals surface area contributed by atoms with Gasteiger partial charge in [0.25, 0.3) is 0 Å². The number of carbonyl (C=O) groups excluding carboxylic acids is 6. The molecule has 0 aromatic rings. The summed E-state index contributed by atoms with van der Waals surface area (Å²) in [5.74, 6) is -3.92. The quantitative estimate of drug-likeness (QED) is 0.0662. The number of nitrogens with two attached hydrogens (primary N) is 1. The molecular weight excluding hydrogens is 760 g/mol. The molecule has 2 fully saturated rings. The summed E-state index contributed by atoms with van der Waals surface area (Å²) in [4.78, 5) is 74.1. The van der Waals surface area contributed by atoms with E-state index in [9.17, 15) is 28.8 Å². The average Bonchev–Trinajstić information content (AvgIpc) is 3.15. The average molecular weight is 831 g/mol. The maximum atomic E-state index is 13.5. The van der Waals surface area contributed by atoms with Gasteiger partial charge in [0.2, 0.25) is 5.91 Å². The van der Waals surface area contributed by atoms with Crippen molar-refractivity contribution < 1.29 is 71.4 Å². The van der Waals surface area contributed by atoms with Crippen LogP contribution in [-0.4, -0.2) is 117 Å².